The topological polar surface area (TPSA) is 41.5 Å². The highest BCUT2D eigenvalue weighted by atomic mass is 16.5. The van der Waals surface area contributed by atoms with Crippen LogP contribution in [-0.4, -0.2) is 60.8 Å². The quantitative estimate of drug-likeness (QED) is 0.761. The third-order valence-corrected chi connectivity index (χ3v) is 6.69. The van der Waals surface area contributed by atoms with Crippen LogP contribution in [0.1, 0.15) is 32.1 Å². The Morgan fingerprint density at radius 2 is 1.84 bits per heavy atom. The zero-order valence-electron chi connectivity index (χ0n) is 15.1. The average Bonchev–Trinajstić information content (AvgIpc) is 3.55. The van der Waals surface area contributed by atoms with Crippen LogP contribution in [0.3, 0.4) is 0 Å². The molecule has 2 aliphatic carbocycles. The normalized spacial score (nSPS) is 32.8. The number of hydrogen-bond acceptors (Lipinski definition) is 5. The van der Waals surface area contributed by atoms with Gasteiger partial charge in [0.25, 0.3) is 0 Å². The van der Waals surface area contributed by atoms with Gasteiger partial charge in [-0.05, 0) is 50.0 Å². The summed E-state index contributed by atoms with van der Waals surface area (Å²) in [6, 6.07) is 1.90. The van der Waals surface area contributed by atoms with Crippen LogP contribution in [0.25, 0.3) is 0 Å². The number of likely N-dealkylation sites (tertiary alicyclic amines) is 1. The molecule has 5 nitrogen and oxygen atoms in total. The lowest BCUT2D eigenvalue weighted by molar-refractivity contribution is 0.0602. The van der Waals surface area contributed by atoms with Crippen molar-refractivity contribution >= 4 is 5.95 Å². The van der Waals surface area contributed by atoms with Gasteiger partial charge in [0.2, 0.25) is 5.95 Å². The highest BCUT2D eigenvalue weighted by Gasteiger charge is 2.51. The summed E-state index contributed by atoms with van der Waals surface area (Å²) in [6.45, 7) is 7.88. The Hall–Kier alpha value is -1.20. The maximum Gasteiger partial charge on any atom is 0.225 e. The van der Waals surface area contributed by atoms with E-state index in [1.165, 1.54) is 51.7 Å². The second-order valence-electron chi connectivity index (χ2n) is 8.90. The molecule has 1 aromatic heterocycles. The van der Waals surface area contributed by atoms with Gasteiger partial charge in [0.1, 0.15) is 0 Å². The molecule has 0 bridgehead atoms. The first-order valence-electron chi connectivity index (χ1n) is 10.1. The van der Waals surface area contributed by atoms with Crippen LogP contribution in [0.15, 0.2) is 18.5 Å². The van der Waals surface area contributed by atoms with Gasteiger partial charge in [0, 0.05) is 63.1 Å². The maximum atomic E-state index is 6.16. The molecule has 4 fully saturated rings. The lowest BCUT2D eigenvalue weighted by Crippen LogP contribution is -2.37. The van der Waals surface area contributed by atoms with Crippen LogP contribution in [0, 0.1) is 23.2 Å². The molecule has 0 radical (unpaired) electrons. The van der Waals surface area contributed by atoms with Crippen LogP contribution < -0.4 is 4.90 Å². The molecule has 2 aliphatic heterocycles. The molecular formula is C20H30N4O. The predicted octanol–water partition coefficient (Wildman–Crippen LogP) is 2.44. The van der Waals surface area contributed by atoms with Crippen molar-refractivity contribution in [3.63, 3.8) is 0 Å². The van der Waals surface area contributed by atoms with Gasteiger partial charge in [-0.25, -0.2) is 9.97 Å². The molecule has 25 heavy (non-hydrogen) atoms. The van der Waals surface area contributed by atoms with E-state index in [9.17, 15) is 0 Å². The zero-order valence-corrected chi connectivity index (χ0v) is 15.1. The Morgan fingerprint density at radius 3 is 2.60 bits per heavy atom. The van der Waals surface area contributed by atoms with Crippen LogP contribution in [0.4, 0.5) is 5.95 Å². The lowest BCUT2D eigenvalue weighted by atomic mass is 9.77. The molecule has 0 unspecified atom stereocenters. The monoisotopic (exact) mass is 342 g/mol. The fourth-order valence-electron chi connectivity index (χ4n) is 4.82. The zero-order chi connectivity index (χ0) is 16.7. The van der Waals surface area contributed by atoms with E-state index < -0.39 is 0 Å². The SMILES string of the molecule is c1cnc(N2CC[C@@]3(CN(CC4CC4)C[C@@H]3COCC3CC3)C2)nc1. The van der Waals surface area contributed by atoms with Crippen molar-refractivity contribution in [2.75, 3.05) is 50.8 Å². The van der Waals surface area contributed by atoms with Gasteiger partial charge in [-0.1, -0.05) is 0 Å². The molecule has 1 aromatic rings. The Labute approximate surface area is 150 Å². The smallest absolute Gasteiger partial charge is 0.225 e. The van der Waals surface area contributed by atoms with Crippen molar-refractivity contribution < 1.29 is 4.74 Å². The first kappa shape index (κ1) is 16.0. The van der Waals surface area contributed by atoms with E-state index in [1.54, 1.807) is 0 Å². The van der Waals surface area contributed by atoms with Gasteiger partial charge >= 0.3 is 0 Å². The fourth-order valence-corrected chi connectivity index (χ4v) is 4.82. The second-order valence-corrected chi connectivity index (χ2v) is 8.90. The van der Waals surface area contributed by atoms with Gasteiger partial charge in [-0.2, -0.15) is 0 Å². The Balaban J connectivity index is 1.27. The van der Waals surface area contributed by atoms with Crippen molar-refractivity contribution in [1.29, 1.82) is 0 Å². The van der Waals surface area contributed by atoms with Crippen molar-refractivity contribution in [1.82, 2.24) is 14.9 Å². The highest BCUT2D eigenvalue weighted by molar-refractivity contribution is 5.32. The molecule has 2 saturated carbocycles. The van der Waals surface area contributed by atoms with Crippen LogP contribution in [0.5, 0.6) is 0 Å². The minimum atomic E-state index is 0.373. The predicted molar refractivity (Wildman–Crippen MR) is 97.5 cm³/mol. The molecule has 4 aliphatic rings. The van der Waals surface area contributed by atoms with Gasteiger partial charge in [-0.3, -0.25) is 0 Å². The Bertz CT molecular complexity index is 589. The number of rotatable bonds is 7. The van der Waals surface area contributed by atoms with E-state index in [2.05, 4.69) is 19.8 Å². The van der Waals surface area contributed by atoms with E-state index in [-0.39, 0.29) is 0 Å². The minimum Gasteiger partial charge on any atom is -0.381 e. The van der Waals surface area contributed by atoms with Crippen molar-refractivity contribution in [3.05, 3.63) is 18.5 Å². The summed E-state index contributed by atoms with van der Waals surface area (Å²) in [4.78, 5) is 14.1. The number of nitrogens with zero attached hydrogens (tertiary/aromatic N) is 4. The summed E-state index contributed by atoms with van der Waals surface area (Å²) in [5, 5.41) is 0. The van der Waals surface area contributed by atoms with E-state index in [0.717, 1.165) is 44.1 Å². The minimum absolute atomic E-state index is 0.373. The molecule has 136 valence electrons. The first-order chi connectivity index (χ1) is 12.3. The van der Waals surface area contributed by atoms with E-state index in [0.29, 0.717) is 11.3 Å². The Kier molecular flexibility index (Phi) is 4.17. The number of hydrogen-bond donors (Lipinski definition) is 0. The summed E-state index contributed by atoms with van der Waals surface area (Å²) in [5.41, 5.74) is 0.373. The van der Waals surface area contributed by atoms with Gasteiger partial charge in [0.05, 0.1) is 6.61 Å². The summed E-state index contributed by atoms with van der Waals surface area (Å²) >= 11 is 0. The molecule has 5 rings (SSSR count). The van der Waals surface area contributed by atoms with Crippen LogP contribution >= 0.6 is 0 Å². The van der Waals surface area contributed by atoms with E-state index in [1.807, 2.05) is 18.5 Å². The number of aromatic nitrogens is 2. The largest absolute Gasteiger partial charge is 0.381 e. The summed E-state index contributed by atoms with van der Waals surface area (Å²) < 4.78 is 6.16. The van der Waals surface area contributed by atoms with Crippen LogP contribution in [-0.2, 0) is 4.74 Å². The molecule has 0 amide bonds. The average molecular weight is 342 g/mol. The lowest BCUT2D eigenvalue weighted by Gasteiger charge is -2.30. The third kappa shape index (κ3) is 3.54. The highest BCUT2D eigenvalue weighted by Crippen LogP contribution is 2.46. The van der Waals surface area contributed by atoms with Gasteiger partial charge < -0.3 is 14.5 Å². The van der Waals surface area contributed by atoms with Gasteiger partial charge in [0.15, 0.2) is 0 Å². The molecular weight excluding hydrogens is 312 g/mol. The van der Waals surface area contributed by atoms with E-state index in [4.69, 9.17) is 4.74 Å². The number of ether oxygens (including phenoxy) is 1. The summed E-state index contributed by atoms with van der Waals surface area (Å²) in [7, 11) is 0. The second kappa shape index (κ2) is 6.51. The number of anilines is 1. The van der Waals surface area contributed by atoms with Gasteiger partial charge in [-0.15, -0.1) is 0 Å². The molecule has 1 spiro atoms. The van der Waals surface area contributed by atoms with Crippen molar-refractivity contribution in [3.8, 4) is 0 Å². The first-order valence-corrected chi connectivity index (χ1v) is 10.1. The van der Waals surface area contributed by atoms with E-state index >= 15 is 0 Å². The summed E-state index contributed by atoms with van der Waals surface area (Å²) in [5.74, 6) is 3.40. The van der Waals surface area contributed by atoms with Crippen molar-refractivity contribution in [2.45, 2.75) is 32.1 Å². The van der Waals surface area contributed by atoms with Crippen molar-refractivity contribution in [2.24, 2.45) is 23.2 Å². The molecule has 0 aromatic carbocycles. The molecule has 0 N–H and O–H groups in total. The summed E-state index contributed by atoms with van der Waals surface area (Å²) in [6.07, 6.45) is 10.6. The standard InChI is InChI=1S/C20H30N4O/c1-7-21-19(22-8-1)24-9-6-20(15-24)14-23(10-16-2-3-16)11-18(20)13-25-12-17-4-5-17/h1,7-8,16-18H,2-6,9-15H2/t18-,20-/m1/s1. The molecule has 5 heteroatoms. The van der Waals surface area contributed by atoms with Crippen LogP contribution in [0.2, 0.25) is 0 Å². The molecule has 3 heterocycles. The fraction of sp³-hybridized carbons (Fsp3) is 0.800. The Morgan fingerprint density at radius 1 is 1.04 bits per heavy atom. The molecule has 2 saturated heterocycles. The molecule has 2 atom stereocenters. The third-order valence-electron chi connectivity index (χ3n) is 6.69. The maximum absolute atomic E-state index is 6.16.